The van der Waals surface area contributed by atoms with E-state index in [0.717, 1.165) is 27.7 Å². The van der Waals surface area contributed by atoms with Crippen LogP contribution in [0.3, 0.4) is 0 Å². The van der Waals surface area contributed by atoms with Crippen molar-refractivity contribution in [3.63, 3.8) is 0 Å². The number of fused-ring (bicyclic) bond motifs is 1. The topological polar surface area (TPSA) is 77.8 Å². The van der Waals surface area contributed by atoms with Gasteiger partial charge in [-0.2, -0.15) is 0 Å². The lowest BCUT2D eigenvalue weighted by molar-refractivity contribution is -0.148. The zero-order chi connectivity index (χ0) is 22.0. The number of carboxylic acid groups (broad SMARTS) is 1. The van der Waals surface area contributed by atoms with Gasteiger partial charge in [0.1, 0.15) is 5.75 Å². The first-order chi connectivity index (χ1) is 14.3. The average molecular weight is 430 g/mol. The van der Waals surface area contributed by atoms with E-state index in [1.165, 1.54) is 7.11 Å². The van der Waals surface area contributed by atoms with E-state index in [1.807, 2.05) is 39.0 Å². The van der Waals surface area contributed by atoms with Crippen molar-refractivity contribution in [1.29, 1.82) is 0 Å². The fourth-order valence-electron chi connectivity index (χ4n) is 3.49. The van der Waals surface area contributed by atoms with Gasteiger partial charge in [-0.25, -0.2) is 9.59 Å². The summed E-state index contributed by atoms with van der Waals surface area (Å²) in [5.74, 6) is -0.973. The number of halogens is 1. The third-order valence-electron chi connectivity index (χ3n) is 5.33. The van der Waals surface area contributed by atoms with E-state index in [0.29, 0.717) is 23.7 Å². The van der Waals surface area contributed by atoms with Crippen LogP contribution in [-0.4, -0.2) is 34.8 Å². The van der Waals surface area contributed by atoms with Gasteiger partial charge in [-0.1, -0.05) is 24.6 Å². The van der Waals surface area contributed by atoms with Gasteiger partial charge < -0.3 is 19.1 Å². The van der Waals surface area contributed by atoms with Crippen LogP contribution in [0, 0.1) is 13.8 Å². The highest BCUT2D eigenvalue weighted by Gasteiger charge is 2.21. The highest BCUT2D eigenvalue weighted by atomic mass is 35.5. The van der Waals surface area contributed by atoms with E-state index in [4.69, 9.17) is 21.1 Å². The molecule has 0 saturated carbocycles. The summed E-state index contributed by atoms with van der Waals surface area (Å²) in [7, 11) is 1.32. The number of rotatable bonds is 7. The Bertz CT molecular complexity index is 1120. The molecule has 0 spiro atoms. The van der Waals surface area contributed by atoms with Crippen LogP contribution in [0.2, 0.25) is 5.02 Å². The van der Waals surface area contributed by atoms with Crippen molar-refractivity contribution in [1.82, 2.24) is 4.57 Å². The minimum atomic E-state index is -0.947. The number of ether oxygens (including phenoxy) is 2. The Morgan fingerprint density at radius 3 is 2.53 bits per heavy atom. The lowest BCUT2D eigenvalue weighted by Crippen LogP contribution is -2.27. The molecule has 0 radical (unpaired) electrons. The molecule has 30 heavy (non-hydrogen) atoms. The SMILES string of the molecule is CCC(Oc1cc(Cn2c(C)c(C)c3cc(C(=O)O)ccc32)ccc1Cl)C(=O)OC. The van der Waals surface area contributed by atoms with Crippen molar-refractivity contribution in [3.8, 4) is 5.75 Å². The van der Waals surface area contributed by atoms with Crippen molar-refractivity contribution >= 4 is 34.4 Å². The Hall–Kier alpha value is -2.99. The highest BCUT2D eigenvalue weighted by Crippen LogP contribution is 2.30. The van der Waals surface area contributed by atoms with E-state index < -0.39 is 18.0 Å². The normalized spacial score (nSPS) is 12.0. The number of carbonyl (C=O) groups is 2. The Kier molecular flexibility index (Phi) is 6.37. The molecule has 0 amide bonds. The number of aryl methyl sites for hydroxylation is 1. The van der Waals surface area contributed by atoms with Gasteiger partial charge in [0.15, 0.2) is 6.10 Å². The molecule has 3 rings (SSSR count). The van der Waals surface area contributed by atoms with Crippen molar-refractivity contribution in [2.75, 3.05) is 7.11 Å². The molecule has 0 fully saturated rings. The molecule has 0 aliphatic carbocycles. The molecule has 3 aromatic rings. The van der Waals surface area contributed by atoms with Gasteiger partial charge in [0, 0.05) is 23.1 Å². The number of carbonyl (C=O) groups excluding carboxylic acids is 1. The summed E-state index contributed by atoms with van der Waals surface area (Å²) in [6.45, 7) is 6.37. The van der Waals surface area contributed by atoms with Crippen LogP contribution < -0.4 is 4.74 Å². The van der Waals surface area contributed by atoms with Crippen LogP contribution in [0.1, 0.15) is 40.5 Å². The Morgan fingerprint density at radius 1 is 1.17 bits per heavy atom. The third kappa shape index (κ3) is 4.14. The van der Waals surface area contributed by atoms with E-state index >= 15 is 0 Å². The fourth-order valence-corrected chi connectivity index (χ4v) is 3.65. The summed E-state index contributed by atoms with van der Waals surface area (Å²) < 4.78 is 12.7. The molecule has 1 N–H and O–H groups in total. The second kappa shape index (κ2) is 8.79. The van der Waals surface area contributed by atoms with Crippen molar-refractivity contribution in [2.24, 2.45) is 0 Å². The number of methoxy groups -OCH3 is 1. The zero-order valence-electron chi connectivity index (χ0n) is 17.4. The number of benzene rings is 2. The van der Waals surface area contributed by atoms with E-state index in [2.05, 4.69) is 4.57 Å². The van der Waals surface area contributed by atoms with Gasteiger partial charge in [-0.05, 0) is 61.7 Å². The largest absolute Gasteiger partial charge is 0.478 e. The number of aromatic nitrogens is 1. The molecule has 1 unspecified atom stereocenters. The lowest BCUT2D eigenvalue weighted by Gasteiger charge is -2.17. The number of carboxylic acids is 1. The average Bonchev–Trinajstić information content (AvgIpc) is 2.97. The summed E-state index contributed by atoms with van der Waals surface area (Å²) >= 11 is 6.29. The molecular weight excluding hydrogens is 406 g/mol. The number of hydrogen-bond acceptors (Lipinski definition) is 4. The molecule has 0 saturated heterocycles. The molecule has 1 atom stereocenters. The first kappa shape index (κ1) is 21.7. The maximum absolute atomic E-state index is 11.9. The van der Waals surface area contributed by atoms with Crippen LogP contribution in [-0.2, 0) is 16.1 Å². The quantitative estimate of drug-likeness (QED) is 0.535. The van der Waals surface area contributed by atoms with Gasteiger partial charge >= 0.3 is 11.9 Å². The number of hydrogen-bond donors (Lipinski definition) is 1. The number of esters is 1. The van der Waals surface area contributed by atoms with Crippen LogP contribution in [0.5, 0.6) is 5.75 Å². The maximum Gasteiger partial charge on any atom is 0.347 e. The molecule has 1 aromatic heterocycles. The summed E-state index contributed by atoms with van der Waals surface area (Å²) in [5.41, 5.74) is 4.24. The van der Waals surface area contributed by atoms with Crippen molar-refractivity contribution < 1.29 is 24.2 Å². The Morgan fingerprint density at radius 2 is 1.90 bits per heavy atom. The molecule has 0 aliphatic rings. The molecule has 2 aromatic carbocycles. The maximum atomic E-state index is 11.9. The molecule has 0 aliphatic heterocycles. The van der Waals surface area contributed by atoms with E-state index in [9.17, 15) is 14.7 Å². The number of nitrogens with zero attached hydrogens (tertiary/aromatic N) is 1. The molecular formula is C23H24ClNO5. The van der Waals surface area contributed by atoms with Crippen LogP contribution in [0.4, 0.5) is 0 Å². The lowest BCUT2D eigenvalue weighted by atomic mass is 10.1. The second-order valence-electron chi connectivity index (χ2n) is 7.14. The minimum Gasteiger partial charge on any atom is -0.478 e. The van der Waals surface area contributed by atoms with Crippen LogP contribution in [0.25, 0.3) is 10.9 Å². The molecule has 6 nitrogen and oxygen atoms in total. The molecule has 0 bridgehead atoms. The summed E-state index contributed by atoms with van der Waals surface area (Å²) in [6.07, 6.45) is -0.270. The zero-order valence-corrected chi connectivity index (χ0v) is 18.1. The van der Waals surface area contributed by atoms with Gasteiger partial charge in [-0.15, -0.1) is 0 Å². The van der Waals surface area contributed by atoms with Crippen LogP contribution in [0.15, 0.2) is 36.4 Å². The van der Waals surface area contributed by atoms with Gasteiger partial charge in [0.05, 0.1) is 17.7 Å². The van der Waals surface area contributed by atoms with Crippen molar-refractivity contribution in [3.05, 3.63) is 63.8 Å². The molecule has 7 heteroatoms. The van der Waals surface area contributed by atoms with Gasteiger partial charge in [-0.3, -0.25) is 0 Å². The minimum absolute atomic E-state index is 0.262. The summed E-state index contributed by atoms with van der Waals surface area (Å²) in [5, 5.41) is 10.6. The summed E-state index contributed by atoms with van der Waals surface area (Å²) in [4.78, 5) is 23.2. The third-order valence-corrected chi connectivity index (χ3v) is 5.64. The van der Waals surface area contributed by atoms with E-state index in [-0.39, 0.29) is 5.56 Å². The molecule has 158 valence electrons. The van der Waals surface area contributed by atoms with Gasteiger partial charge in [0.2, 0.25) is 0 Å². The van der Waals surface area contributed by atoms with E-state index in [1.54, 1.807) is 18.2 Å². The second-order valence-corrected chi connectivity index (χ2v) is 7.54. The highest BCUT2D eigenvalue weighted by molar-refractivity contribution is 6.32. The Balaban J connectivity index is 1.97. The van der Waals surface area contributed by atoms with Crippen LogP contribution >= 0.6 is 11.6 Å². The smallest absolute Gasteiger partial charge is 0.347 e. The summed E-state index contributed by atoms with van der Waals surface area (Å²) in [6, 6.07) is 10.6. The Labute approximate surface area is 180 Å². The standard InChI is InChI=1S/C23H24ClNO5/c1-5-20(23(28)29-4)30-21-10-15(6-8-18(21)24)12-25-14(3)13(2)17-11-16(22(26)27)7-9-19(17)25/h6-11,20H,5,12H2,1-4H3,(H,26,27). The number of aromatic carboxylic acids is 1. The monoisotopic (exact) mass is 429 g/mol. The first-order valence-corrected chi connectivity index (χ1v) is 10.00. The fraction of sp³-hybridized carbons (Fsp3) is 0.304. The van der Waals surface area contributed by atoms with Gasteiger partial charge in [0.25, 0.3) is 0 Å². The first-order valence-electron chi connectivity index (χ1n) is 9.62. The molecule has 1 heterocycles. The predicted octanol–water partition coefficient (Wildman–Crippen LogP) is 4.99. The van der Waals surface area contributed by atoms with Crippen molar-refractivity contribution in [2.45, 2.75) is 39.8 Å². The predicted molar refractivity (Wildman–Crippen MR) is 116 cm³/mol.